The fourth-order valence-electron chi connectivity index (χ4n) is 4.17. The van der Waals surface area contributed by atoms with E-state index < -0.39 is 0 Å². The number of aromatic amines is 1. The predicted octanol–water partition coefficient (Wildman–Crippen LogP) is 3.73. The molecule has 2 aliphatic rings. The molecule has 0 bridgehead atoms. The number of carbonyl (C=O) groups is 1. The molecule has 1 aliphatic heterocycles. The monoisotopic (exact) mass is 357 g/mol. The number of allylic oxidation sites excluding steroid dienone is 2. The lowest BCUT2D eigenvalue weighted by Crippen LogP contribution is -2.29. The second kappa shape index (κ2) is 6.13. The van der Waals surface area contributed by atoms with E-state index in [1.165, 1.54) is 0 Å². The van der Waals surface area contributed by atoms with Crippen LogP contribution in [0.4, 0.5) is 5.82 Å². The molecule has 0 saturated carbocycles. The van der Waals surface area contributed by atoms with E-state index in [9.17, 15) is 9.59 Å². The summed E-state index contributed by atoms with van der Waals surface area (Å²) in [5.74, 6) is 0.486. The standard InChI is InChI=1S/C22H19N3O2/c26-17-13-7-12-16-19(17)18(14-8-3-1-4-9-14)20-21(23-16)24-25(22(20)27)15-10-5-2-6-11-15/h1-6,8-11,18,23-24H,7,12-13H2/t18-/m1/s1. The smallest absolute Gasteiger partial charge is 0.277 e. The van der Waals surface area contributed by atoms with E-state index in [0.717, 1.165) is 35.4 Å². The van der Waals surface area contributed by atoms with Gasteiger partial charge in [-0.1, -0.05) is 48.5 Å². The van der Waals surface area contributed by atoms with Gasteiger partial charge in [0, 0.05) is 23.6 Å². The Morgan fingerprint density at radius 3 is 2.33 bits per heavy atom. The number of hydrogen-bond acceptors (Lipinski definition) is 3. The number of aromatic nitrogens is 2. The van der Waals surface area contributed by atoms with Gasteiger partial charge in [-0.15, -0.1) is 0 Å². The van der Waals surface area contributed by atoms with Crippen LogP contribution in [0.5, 0.6) is 0 Å². The van der Waals surface area contributed by atoms with Gasteiger partial charge in [0.1, 0.15) is 5.82 Å². The number of H-pyrrole nitrogens is 1. The molecule has 27 heavy (non-hydrogen) atoms. The number of benzene rings is 2. The zero-order chi connectivity index (χ0) is 18.4. The van der Waals surface area contributed by atoms with E-state index in [4.69, 9.17) is 0 Å². The number of ketones is 1. The number of para-hydroxylation sites is 1. The van der Waals surface area contributed by atoms with Gasteiger partial charge < -0.3 is 5.32 Å². The first kappa shape index (κ1) is 15.9. The molecule has 0 unspecified atom stereocenters. The van der Waals surface area contributed by atoms with Crippen molar-refractivity contribution in [3.05, 3.63) is 93.4 Å². The lowest BCUT2D eigenvalue weighted by molar-refractivity contribution is -0.116. The molecule has 0 fully saturated rings. The molecule has 3 aromatic rings. The van der Waals surface area contributed by atoms with Crippen molar-refractivity contribution in [1.29, 1.82) is 0 Å². The number of nitrogens with one attached hydrogen (secondary N) is 2. The first-order chi connectivity index (χ1) is 13.2. The summed E-state index contributed by atoms with van der Waals surface area (Å²) in [6.07, 6.45) is 2.20. The van der Waals surface area contributed by atoms with Crippen LogP contribution in [0.2, 0.25) is 0 Å². The van der Waals surface area contributed by atoms with Crippen molar-refractivity contribution in [1.82, 2.24) is 9.78 Å². The molecule has 0 spiro atoms. The minimum atomic E-state index is -0.334. The third kappa shape index (κ3) is 2.46. The van der Waals surface area contributed by atoms with Crippen LogP contribution in [0, 0.1) is 0 Å². The fraction of sp³-hybridized carbons (Fsp3) is 0.182. The molecule has 1 atom stereocenters. The molecule has 134 valence electrons. The van der Waals surface area contributed by atoms with Gasteiger partial charge >= 0.3 is 0 Å². The number of anilines is 1. The number of rotatable bonds is 2. The van der Waals surface area contributed by atoms with Gasteiger partial charge in [0.05, 0.1) is 11.3 Å². The van der Waals surface area contributed by atoms with Gasteiger partial charge in [-0.05, 0) is 30.5 Å². The molecule has 5 heteroatoms. The zero-order valence-corrected chi connectivity index (χ0v) is 14.7. The van der Waals surface area contributed by atoms with Crippen LogP contribution < -0.4 is 10.9 Å². The number of nitrogens with zero attached hydrogens (tertiary/aromatic N) is 1. The highest BCUT2D eigenvalue weighted by molar-refractivity contribution is 6.00. The van der Waals surface area contributed by atoms with Crippen LogP contribution in [0.3, 0.4) is 0 Å². The maximum Gasteiger partial charge on any atom is 0.277 e. The molecule has 2 heterocycles. The predicted molar refractivity (Wildman–Crippen MR) is 104 cm³/mol. The second-order valence-electron chi connectivity index (χ2n) is 7.01. The molecule has 0 amide bonds. The molecule has 1 aliphatic carbocycles. The van der Waals surface area contributed by atoms with Crippen molar-refractivity contribution in [3.8, 4) is 5.69 Å². The Hall–Kier alpha value is -3.34. The summed E-state index contributed by atoms with van der Waals surface area (Å²) in [6, 6.07) is 19.3. The van der Waals surface area contributed by atoms with E-state index >= 15 is 0 Å². The van der Waals surface area contributed by atoms with Gasteiger partial charge in [-0.2, -0.15) is 0 Å². The Balaban J connectivity index is 1.75. The van der Waals surface area contributed by atoms with Crippen LogP contribution in [0.1, 0.15) is 36.3 Å². The van der Waals surface area contributed by atoms with Gasteiger partial charge in [-0.25, -0.2) is 4.68 Å². The van der Waals surface area contributed by atoms with Crippen molar-refractivity contribution >= 4 is 11.6 Å². The summed E-state index contributed by atoms with van der Waals surface area (Å²) in [5.41, 5.74) is 3.92. The Morgan fingerprint density at radius 1 is 0.889 bits per heavy atom. The first-order valence-electron chi connectivity index (χ1n) is 9.22. The molecular formula is C22H19N3O2. The molecule has 2 N–H and O–H groups in total. The minimum absolute atomic E-state index is 0.123. The second-order valence-corrected chi connectivity index (χ2v) is 7.01. The number of fused-ring (bicyclic) bond motifs is 1. The topological polar surface area (TPSA) is 66.9 Å². The lowest BCUT2D eigenvalue weighted by atomic mass is 9.77. The van der Waals surface area contributed by atoms with Crippen LogP contribution in [0.25, 0.3) is 5.69 Å². The maximum absolute atomic E-state index is 13.3. The Morgan fingerprint density at radius 2 is 1.59 bits per heavy atom. The summed E-state index contributed by atoms with van der Waals surface area (Å²) < 4.78 is 1.55. The third-order valence-electron chi connectivity index (χ3n) is 5.38. The summed E-state index contributed by atoms with van der Waals surface area (Å²) >= 11 is 0. The van der Waals surface area contributed by atoms with Gasteiger partial charge in [-0.3, -0.25) is 14.7 Å². The summed E-state index contributed by atoms with van der Waals surface area (Å²) in [5, 5.41) is 6.56. The maximum atomic E-state index is 13.3. The molecule has 0 saturated heterocycles. The largest absolute Gasteiger partial charge is 0.343 e. The highest BCUT2D eigenvalue weighted by Gasteiger charge is 2.38. The highest BCUT2D eigenvalue weighted by atomic mass is 16.1. The van der Waals surface area contributed by atoms with E-state index in [1.807, 2.05) is 60.7 Å². The molecule has 1 aromatic heterocycles. The van der Waals surface area contributed by atoms with Gasteiger partial charge in [0.2, 0.25) is 0 Å². The average Bonchev–Trinajstić information content (AvgIpc) is 3.04. The van der Waals surface area contributed by atoms with Gasteiger partial charge in [0.15, 0.2) is 5.78 Å². The van der Waals surface area contributed by atoms with E-state index in [1.54, 1.807) is 4.68 Å². The molecule has 2 aromatic carbocycles. The Labute approximate surface area is 156 Å². The van der Waals surface area contributed by atoms with Crippen molar-refractivity contribution in [2.45, 2.75) is 25.2 Å². The summed E-state index contributed by atoms with van der Waals surface area (Å²) in [6.45, 7) is 0. The lowest BCUT2D eigenvalue weighted by Gasteiger charge is -2.31. The third-order valence-corrected chi connectivity index (χ3v) is 5.38. The Kier molecular flexibility index (Phi) is 3.60. The quantitative estimate of drug-likeness (QED) is 0.734. The van der Waals surface area contributed by atoms with Crippen LogP contribution >= 0.6 is 0 Å². The fourth-order valence-corrected chi connectivity index (χ4v) is 4.17. The summed E-state index contributed by atoms with van der Waals surface area (Å²) in [7, 11) is 0. The van der Waals surface area contributed by atoms with Crippen molar-refractivity contribution in [2.24, 2.45) is 0 Å². The SMILES string of the molecule is O=C1CCCC2=C1[C@@H](c1ccccc1)c1c([nH]n(-c3ccccc3)c1=O)N2. The van der Waals surface area contributed by atoms with E-state index in [-0.39, 0.29) is 17.3 Å². The number of Topliss-reactive ketones (excluding diaryl/α,β-unsaturated/α-hetero) is 1. The summed E-state index contributed by atoms with van der Waals surface area (Å²) in [4.78, 5) is 26.1. The van der Waals surface area contributed by atoms with Crippen LogP contribution in [-0.4, -0.2) is 15.6 Å². The highest BCUT2D eigenvalue weighted by Crippen LogP contribution is 2.43. The number of carbonyl (C=O) groups excluding carboxylic acids is 1. The normalized spacial score (nSPS) is 18.7. The average molecular weight is 357 g/mol. The van der Waals surface area contributed by atoms with Crippen LogP contribution in [-0.2, 0) is 4.79 Å². The molecule has 5 rings (SSSR count). The minimum Gasteiger partial charge on any atom is -0.343 e. The van der Waals surface area contributed by atoms with Crippen molar-refractivity contribution < 1.29 is 4.79 Å². The Bertz CT molecular complexity index is 1110. The molecule has 0 radical (unpaired) electrons. The number of hydrogen-bond donors (Lipinski definition) is 2. The van der Waals surface area contributed by atoms with E-state index in [0.29, 0.717) is 17.8 Å². The van der Waals surface area contributed by atoms with Crippen LogP contribution in [0.15, 0.2) is 76.7 Å². The van der Waals surface area contributed by atoms with Crippen molar-refractivity contribution in [2.75, 3.05) is 5.32 Å². The first-order valence-corrected chi connectivity index (χ1v) is 9.22. The molecular weight excluding hydrogens is 338 g/mol. The van der Waals surface area contributed by atoms with E-state index in [2.05, 4.69) is 10.4 Å². The van der Waals surface area contributed by atoms with Crippen molar-refractivity contribution in [3.63, 3.8) is 0 Å². The molecule has 5 nitrogen and oxygen atoms in total. The van der Waals surface area contributed by atoms with Gasteiger partial charge in [0.25, 0.3) is 5.56 Å². The zero-order valence-electron chi connectivity index (χ0n) is 14.7.